The van der Waals surface area contributed by atoms with Crippen LogP contribution in [-0.2, 0) is 9.53 Å². The van der Waals surface area contributed by atoms with E-state index in [9.17, 15) is 4.79 Å². The zero-order chi connectivity index (χ0) is 13.5. The fourth-order valence-corrected chi connectivity index (χ4v) is 5.46. The molecule has 3 aliphatic rings. The first-order chi connectivity index (χ1) is 9.19. The highest BCUT2D eigenvalue weighted by Crippen LogP contribution is 2.60. The predicted molar refractivity (Wildman–Crippen MR) is 75.6 cm³/mol. The summed E-state index contributed by atoms with van der Waals surface area (Å²) in [7, 11) is 0. The number of carbonyl (C=O) groups is 1. The lowest BCUT2D eigenvalue weighted by Gasteiger charge is -2.42. The van der Waals surface area contributed by atoms with Crippen molar-refractivity contribution < 1.29 is 9.53 Å². The maximum absolute atomic E-state index is 11.8. The van der Waals surface area contributed by atoms with E-state index in [1.54, 1.807) is 0 Å². The third-order valence-corrected chi connectivity index (χ3v) is 6.22. The Labute approximate surface area is 116 Å². The molecule has 3 rings (SSSR count). The van der Waals surface area contributed by atoms with Crippen LogP contribution in [0.5, 0.6) is 0 Å². The monoisotopic (exact) mass is 262 g/mol. The Morgan fingerprint density at radius 1 is 1.16 bits per heavy atom. The van der Waals surface area contributed by atoms with Crippen LogP contribution in [0.2, 0.25) is 0 Å². The Balaban J connectivity index is 1.92. The standard InChI is InChI=1S/C17H26O2/c1-3-16(18)19-17-11-7-6-10-15(17)14-9-5-4-8-13(14)12(17)2/h3,12-15H,1,4-11H2,2H3. The van der Waals surface area contributed by atoms with Crippen molar-refractivity contribution in [3.8, 4) is 0 Å². The van der Waals surface area contributed by atoms with Gasteiger partial charge < -0.3 is 4.74 Å². The van der Waals surface area contributed by atoms with Gasteiger partial charge in [0.1, 0.15) is 5.60 Å². The van der Waals surface area contributed by atoms with E-state index in [0.717, 1.165) is 18.3 Å². The van der Waals surface area contributed by atoms with Gasteiger partial charge >= 0.3 is 5.97 Å². The molecule has 3 fully saturated rings. The molecular formula is C17H26O2. The molecule has 0 aliphatic heterocycles. The van der Waals surface area contributed by atoms with E-state index >= 15 is 0 Å². The second kappa shape index (κ2) is 4.96. The molecule has 0 saturated heterocycles. The Hall–Kier alpha value is -0.790. The van der Waals surface area contributed by atoms with Gasteiger partial charge in [0, 0.05) is 12.0 Å². The fourth-order valence-electron chi connectivity index (χ4n) is 5.46. The molecule has 19 heavy (non-hydrogen) atoms. The van der Waals surface area contributed by atoms with E-state index in [-0.39, 0.29) is 11.6 Å². The first-order valence-corrected chi connectivity index (χ1v) is 8.04. The average Bonchev–Trinajstić information content (AvgIpc) is 2.70. The van der Waals surface area contributed by atoms with Gasteiger partial charge in [-0.1, -0.05) is 32.8 Å². The second-order valence-electron chi connectivity index (χ2n) is 6.83. The van der Waals surface area contributed by atoms with Crippen LogP contribution in [0.3, 0.4) is 0 Å². The summed E-state index contributed by atoms with van der Waals surface area (Å²) in [6.45, 7) is 5.92. The first kappa shape index (κ1) is 13.2. The van der Waals surface area contributed by atoms with Crippen molar-refractivity contribution in [2.45, 2.75) is 63.9 Å². The zero-order valence-corrected chi connectivity index (χ0v) is 12.1. The normalized spacial score (nSPS) is 45.1. The highest BCUT2D eigenvalue weighted by Gasteiger charge is 2.60. The minimum Gasteiger partial charge on any atom is -0.455 e. The van der Waals surface area contributed by atoms with Gasteiger partial charge in [-0.25, -0.2) is 4.79 Å². The summed E-state index contributed by atoms with van der Waals surface area (Å²) in [6.07, 6.45) is 11.6. The van der Waals surface area contributed by atoms with Crippen molar-refractivity contribution in [1.82, 2.24) is 0 Å². The van der Waals surface area contributed by atoms with Crippen molar-refractivity contribution in [1.29, 1.82) is 0 Å². The van der Waals surface area contributed by atoms with E-state index in [4.69, 9.17) is 4.74 Å². The molecule has 0 aromatic rings. The lowest BCUT2D eigenvalue weighted by Crippen LogP contribution is -2.46. The van der Waals surface area contributed by atoms with E-state index in [0.29, 0.717) is 11.8 Å². The summed E-state index contributed by atoms with van der Waals surface area (Å²) >= 11 is 0. The molecule has 0 spiro atoms. The van der Waals surface area contributed by atoms with E-state index in [1.807, 2.05) is 0 Å². The number of esters is 1. The van der Waals surface area contributed by atoms with Gasteiger partial charge in [0.2, 0.25) is 0 Å². The number of hydrogen-bond donors (Lipinski definition) is 0. The minimum atomic E-state index is -0.211. The van der Waals surface area contributed by atoms with Gasteiger partial charge in [0.05, 0.1) is 0 Å². The highest BCUT2D eigenvalue weighted by atomic mass is 16.6. The van der Waals surface area contributed by atoms with E-state index in [1.165, 1.54) is 51.0 Å². The molecule has 5 unspecified atom stereocenters. The molecule has 2 heteroatoms. The third-order valence-electron chi connectivity index (χ3n) is 6.22. The van der Waals surface area contributed by atoms with E-state index in [2.05, 4.69) is 13.5 Å². The molecule has 2 nitrogen and oxygen atoms in total. The van der Waals surface area contributed by atoms with Gasteiger partial charge in [-0.05, 0) is 49.9 Å². The second-order valence-corrected chi connectivity index (χ2v) is 6.83. The van der Waals surface area contributed by atoms with Gasteiger partial charge in [-0.2, -0.15) is 0 Å². The summed E-state index contributed by atoms with van der Waals surface area (Å²) in [4.78, 5) is 11.8. The third kappa shape index (κ3) is 1.95. The summed E-state index contributed by atoms with van der Waals surface area (Å²) in [6, 6.07) is 0. The van der Waals surface area contributed by atoms with Crippen LogP contribution in [-0.4, -0.2) is 11.6 Å². The SMILES string of the molecule is C=CC(=O)OC12CCCCC1C1CCCCC1C2C. The minimum absolute atomic E-state index is 0.163. The van der Waals surface area contributed by atoms with Crippen LogP contribution in [0.15, 0.2) is 12.7 Å². The molecule has 0 bridgehead atoms. The van der Waals surface area contributed by atoms with Crippen molar-refractivity contribution in [3.63, 3.8) is 0 Å². The van der Waals surface area contributed by atoms with Crippen molar-refractivity contribution in [2.75, 3.05) is 0 Å². The van der Waals surface area contributed by atoms with Gasteiger partial charge in [-0.3, -0.25) is 0 Å². The molecule has 0 aromatic carbocycles. The van der Waals surface area contributed by atoms with Crippen LogP contribution in [0, 0.1) is 23.7 Å². The predicted octanol–water partition coefficient (Wildman–Crippen LogP) is 4.10. The molecule has 0 heterocycles. The Bertz CT molecular complexity index is 375. The van der Waals surface area contributed by atoms with Gasteiger partial charge in [0.25, 0.3) is 0 Å². The Morgan fingerprint density at radius 3 is 2.58 bits per heavy atom. The number of fused-ring (bicyclic) bond motifs is 3. The number of hydrogen-bond acceptors (Lipinski definition) is 2. The molecule has 0 radical (unpaired) electrons. The largest absolute Gasteiger partial charge is 0.455 e. The molecular weight excluding hydrogens is 236 g/mol. The van der Waals surface area contributed by atoms with Crippen LogP contribution < -0.4 is 0 Å². The maximum atomic E-state index is 11.8. The van der Waals surface area contributed by atoms with Crippen molar-refractivity contribution in [2.24, 2.45) is 23.7 Å². The molecule has 3 saturated carbocycles. The summed E-state index contributed by atoms with van der Waals surface area (Å²) in [5, 5.41) is 0. The number of ether oxygens (including phenoxy) is 1. The summed E-state index contributed by atoms with van der Waals surface area (Å²) in [5.41, 5.74) is -0.163. The first-order valence-electron chi connectivity index (χ1n) is 8.04. The quantitative estimate of drug-likeness (QED) is 0.553. The smallest absolute Gasteiger partial charge is 0.330 e. The van der Waals surface area contributed by atoms with Crippen molar-refractivity contribution >= 4 is 5.97 Å². The van der Waals surface area contributed by atoms with Gasteiger partial charge in [0.15, 0.2) is 0 Å². The maximum Gasteiger partial charge on any atom is 0.330 e. The van der Waals surface area contributed by atoms with Crippen LogP contribution in [0.25, 0.3) is 0 Å². The Morgan fingerprint density at radius 2 is 1.84 bits per heavy atom. The van der Waals surface area contributed by atoms with Crippen LogP contribution >= 0.6 is 0 Å². The van der Waals surface area contributed by atoms with Crippen LogP contribution in [0.4, 0.5) is 0 Å². The molecule has 0 amide bonds. The number of carbonyl (C=O) groups excluding carboxylic acids is 1. The lowest BCUT2D eigenvalue weighted by molar-refractivity contribution is -0.169. The zero-order valence-electron chi connectivity index (χ0n) is 12.1. The topological polar surface area (TPSA) is 26.3 Å². The van der Waals surface area contributed by atoms with Crippen molar-refractivity contribution in [3.05, 3.63) is 12.7 Å². The van der Waals surface area contributed by atoms with Crippen LogP contribution in [0.1, 0.15) is 58.3 Å². The Kier molecular flexibility index (Phi) is 3.44. The molecule has 5 atom stereocenters. The average molecular weight is 262 g/mol. The van der Waals surface area contributed by atoms with Gasteiger partial charge in [-0.15, -0.1) is 0 Å². The summed E-state index contributed by atoms with van der Waals surface area (Å²) in [5.74, 6) is 2.53. The molecule has 106 valence electrons. The fraction of sp³-hybridized carbons (Fsp3) is 0.824. The molecule has 0 N–H and O–H groups in total. The number of rotatable bonds is 2. The molecule has 0 aromatic heterocycles. The summed E-state index contributed by atoms with van der Waals surface area (Å²) < 4.78 is 6.00. The molecule has 3 aliphatic carbocycles. The highest BCUT2D eigenvalue weighted by molar-refractivity contribution is 5.81. The van der Waals surface area contributed by atoms with E-state index < -0.39 is 0 Å². The lowest BCUT2D eigenvalue weighted by atomic mass is 9.71.